The molecule has 0 spiro atoms. The molecule has 3 N–H and O–H groups in total. The molecule has 8 heteroatoms. The Morgan fingerprint density at radius 1 is 1.38 bits per heavy atom. The molecule has 1 aromatic heterocycles. The number of benzene rings is 1. The third kappa shape index (κ3) is 3.06. The summed E-state index contributed by atoms with van der Waals surface area (Å²) in [6, 6.07) is 7.28. The fraction of sp³-hybridized carbons (Fsp3) is 0.231. The Labute approximate surface area is 121 Å². The molecule has 0 amide bonds. The van der Waals surface area contributed by atoms with Gasteiger partial charge >= 0.3 is 11.6 Å². The van der Waals surface area contributed by atoms with Crippen LogP contribution >= 0.6 is 0 Å². The molecule has 110 valence electrons. The maximum atomic E-state index is 11.2. The van der Waals surface area contributed by atoms with Crippen LogP contribution in [0.1, 0.15) is 18.2 Å². The fourth-order valence-electron chi connectivity index (χ4n) is 1.89. The van der Waals surface area contributed by atoms with Crippen molar-refractivity contribution in [3.05, 3.63) is 45.6 Å². The van der Waals surface area contributed by atoms with Crippen molar-refractivity contribution >= 4 is 11.6 Å². The second-order valence-corrected chi connectivity index (χ2v) is 4.25. The number of rotatable bonds is 5. The Balaban J connectivity index is 2.52. The van der Waals surface area contributed by atoms with E-state index in [0.717, 1.165) is 12.0 Å². The number of para-hydroxylation sites is 1. The van der Waals surface area contributed by atoms with Crippen molar-refractivity contribution in [2.24, 2.45) is 5.84 Å². The van der Waals surface area contributed by atoms with E-state index in [9.17, 15) is 10.1 Å². The number of nitrogens with zero attached hydrogens (tertiary/aromatic N) is 3. The summed E-state index contributed by atoms with van der Waals surface area (Å²) in [6.45, 7) is 3.47. The summed E-state index contributed by atoms with van der Waals surface area (Å²) in [5.74, 6) is 5.70. The average Bonchev–Trinajstić information content (AvgIpc) is 2.46. The van der Waals surface area contributed by atoms with Crippen LogP contribution in [0.5, 0.6) is 11.6 Å². The van der Waals surface area contributed by atoms with Gasteiger partial charge in [-0.3, -0.25) is 15.5 Å². The lowest BCUT2D eigenvalue weighted by Crippen LogP contribution is -2.13. The topological polar surface area (TPSA) is 116 Å². The van der Waals surface area contributed by atoms with Crippen LogP contribution in [0.25, 0.3) is 0 Å². The van der Waals surface area contributed by atoms with Crippen LogP contribution < -0.4 is 16.0 Å². The zero-order chi connectivity index (χ0) is 15.4. The Morgan fingerprint density at radius 3 is 2.71 bits per heavy atom. The standard InChI is InChI=1S/C13H15N5O3/c1-3-9-6-4-5-7-10(9)21-12-11(18(19)20)8(2)15-13(16-12)17-14/h4-7H,3,14H2,1-2H3,(H,15,16,17). The van der Waals surface area contributed by atoms with Gasteiger partial charge in [-0.05, 0) is 25.0 Å². The van der Waals surface area contributed by atoms with Gasteiger partial charge < -0.3 is 4.74 Å². The van der Waals surface area contributed by atoms with Gasteiger partial charge in [0.05, 0.1) is 4.92 Å². The maximum absolute atomic E-state index is 11.2. The SMILES string of the molecule is CCc1ccccc1Oc1nc(NN)nc(C)c1[N+](=O)[O-]. The Bertz CT molecular complexity index is 675. The zero-order valence-corrected chi connectivity index (χ0v) is 11.7. The minimum Gasteiger partial charge on any atom is -0.433 e. The predicted molar refractivity (Wildman–Crippen MR) is 77.1 cm³/mol. The van der Waals surface area contributed by atoms with Crippen molar-refractivity contribution in [3.8, 4) is 11.6 Å². The first-order valence-electron chi connectivity index (χ1n) is 6.32. The van der Waals surface area contributed by atoms with Crippen LogP contribution in [0.4, 0.5) is 11.6 Å². The molecule has 2 rings (SSSR count). The molecule has 0 fully saturated rings. The lowest BCUT2D eigenvalue weighted by molar-refractivity contribution is -0.386. The molecular weight excluding hydrogens is 274 g/mol. The quantitative estimate of drug-likeness (QED) is 0.493. The van der Waals surface area contributed by atoms with E-state index in [2.05, 4.69) is 15.4 Å². The molecule has 0 aliphatic carbocycles. The highest BCUT2D eigenvalue weighted by molar-refractivity contribution is 5.51. The largest absolute Gasteiger partial charge is 0.433 e. The number of nitrogens with two attached hydrogens (primary N) is 1. The molecular formula is C13H15N5O3. The van der Waals surface area contributed by atoms with Crippen molar-refractivity contribution < 1.29 is 9.66 Å². The van der Waals surface area contributed by atoms with Gasteiger partial charge in [-0.2, -0.15) is 4.98 Å². The normalized spacial score (nSPS) is 10.2. The summed E-state index contributed by atoms with van der Waals surface area (Å²) in [5, 5.41) is 11.2. The summed E-state index contributed by atoms with van der Waals surface area (Å²) < 4.78 is 5.63. The van der Waals surface area contributed by atoms with E-state index in [1.54, 1.807) is 12.1 Å². The molecule has 8 nitrogen and oxygen atoms in total. The molecule has 2 aromatic rings. The molecule has 0 saturated carbocycles. The number of hydrogen-bond acceptors (Lipinski definition) is 7. The van der Waals surface area contributed by atoms with Crippen LogP contribution in [0.3, 0.4) is 0 Å². The third-order valence-electron chi connectivity index (χ3n) is 2.90. The van der Waals surface area contributed by atoms with E-state index in [1.807, 2.05) is 19.1 Å². The number of hydrogen-bond donors (Lipinski definition) is 2. The highest BCUT2D eigenvalue weighted by Crippen LogP contribution is 2.33. The molecule has 0 unspecified atom stereocenters. The summed E-state index contributed by atoms with van der Waals surface area (Å²) in [6.07, 6.45) is 0.732. The number of anilines is 1. The van der Waals surface area contributed by atoms with Crippen LogP contribution in [0, 0.1) is 17.0 Å². The molecule has 0 radical (unpaired) electrons. The van der Waals surface area contributed by atoms with E-state index in [0.29, 0.717) is 5.75 Å². The molecule has 0 bridgehead atoms. The molecule has 0 aliphatic rings. The number of nitro groups is 1. The van der Waals surface area contributed by atoms with Gasteiger partial charge in [0.1, 0.15) is 11.4 Å². The molecule has 1 heterocycles. The second kappa shape index (κ2) is 6.14. The van der Waals surface area contributed by atoms with Crippen LogP contribution in [0.2, 0.25) is 0 Å². The van der Waals surface area contributed by atoms with Gasteiger partial charge in [-0.25, -0.2) is 10.8 Å². The van der Waals surface area contributed by atoms with Gasteiger partial charge in [-0.1, -0.05) is 25.1 Å². The fourth-order valence-corrected chi connectivity index (χ4v) is 1.89. The highest BCUT2D eigenvalue weighted by atomic mass is 16.6. The molecule has 0 saturated heterocycles. The van der Waals surface area contributed by atoms with E-state index in [4.69, 9.17) is 10.6 Å². The minimum atomic E-state index is -0.570. The van der Waals surface area contributed by atoms with Crippen molar-refractivity contribution in [3.63, 3.8) is 0 Å². The monoisotopic (exact) mass is 289 g/mol. The number of aromatic nitrogens is 2. The molecule has 1 aromatic carbocycles. The lowest BCUT2D eigenvalue weighted by Gasteiger charge is -2.11. The van der Waals surface area contributed by atoms with Crippen molar-refractivity contribution in [2.75, 3.05) is 5.43 Å². The molecule has 21 heavy (non-hydrogen) atoms. The number of nitrogens with one attached hydrogen (secondary N) is 1. The molecule has 0 atom stereocenters. The van der Waals surface area contributed by atoms with Gasteiger partial charge in [0.2, 0.25) is 5.95 Å². The van der Waals surface area contributed by atoms with Gasteiger partial charge in [0, 0.05) is 0 Å². The van der Waals surface area contributed by atoms with E-state index in [-0.39, 0.29) is 23.2 Å². The summed E-state index contributed by atoms with van der Waals surface area (Å²) in [5.41, 5.74) is 3.08. The van der Waals surface area contributed by atoms with E-state index < -0.39 is 4.92 Å². The van der Waals surface area contributed by atoms with Gasteiger partial charge in [0.15, 0.2) is 0 Å². The number of aryl methyl sites for hydroxylation is 2. The van der Waals surface area contributed by atoms with Crippen molar-refractivity contribution in [1.29, 1.82) is 0 Å². The maximum Gasteiger partial charge on any atom is 0.352 e. The zero-order valence-electron chi connectivity index (χ0n) is 11.7. The van der Waals surface area contributed by atoms with Crippen LogP contribution in [-0.2, 0) is 6.42 Å². The van der Waals surface area contributed by atoms with Crippen LogP contribution in [-0.4, -0.2) is 14.9 Å². The Morgan fingerprint density at radius 2 is 2.10 bits per heavy atom. The number of ether oxygens (including phenoxy) is 1. The third-order valence-corrected chi connectivity index (χ3v) is 2.90. The van der Waals surface area contributed by atoms with Crippen LogP contribution in [0.15, 0.2) is 24.3 Å². The minimum absolute atomic E-state index is 0.0575. The van der Waals surface area contributed by atoms with Gasteiger partial charge in [-0.15, -0.1) is 0 Å². The second-order valence-electron chi connectivity index (χ2n) is 4.25. The molecule has 0 aliphatic heterocycles. The van der Waals surface area contributed by atoms with Gasteiger partial charge in [0.25, 0.3) is 0 Å². The first-order chi connectivity index (χ1) is 10.1. The first-order valence-corrected chi connectivity index (χ1v) is 6.32. The summed E-state index contributed by atoms with van der Waals surface area (Å²) in [4.78, 5) is 18.4. The number of nitrogen functional groups attached to an aromatic ring is 1. The summed E-state index contributed by atoms with van der Waals surface area (Å²) in [7, 11) is 0. The Kier molecular flexibility index (Phi) is 4.29. The summed E-state index contributed by atoms with van der Waals surface area (Å²) >= 11 is 0. The number of hydrazine groups is 1. The lowest BCUT2D eigenvalue weighted by atomic mass is 10.1. The van der Waals surface area contributed by atoms with E-state index in [1.165, 1.54) is 6.92 Å². The smallest absolute Gasteiger partial charge is 0.352 e. The Hall–Kier alpha value is -2.74. The first kappa shape index (κ1) is 14.7. The highest BCUT2D eigenvalue weighted by Gasteiger charge is 2.24. The van der Waals surface area contributed by atoms with E-state index >= 15 is 0 Å². The predicted octanol–water partition coefficient (Wildman–Crippen LogP) is 2.33. The average molecular weight is 289 g/mol. The van der Waals surface area contributed by atoms with Crippen molar-refractivity contribution in [1.82, 2.24) is 9.97 Å². The van der Waals surface area contributed by atoms with Crippen molar-refractivity contribution in [2.45, 2.75) is 20.3 Å².